The zero-order valence-corrected chi connectivity index (χ0v) is 13.2. The van der Waals surface area contributed by atoms with Gasteiger partial charge in [0, 0.05) is 11.6 Å². The third-order valence-corrected chi connectivity index (χ3v) is 3.86. The molecule has 3 nitrogen and oxygen atoms in total. The van der Waals surface area contributed by atoms with Crippen molar-refractivity contribution in [3.63, 3.8) is 0 Å². The molecule has 0 aliphatic carbocycles. The molecule has 0 heterocycles. The van der Waals surface area contributed by atoms with Crippen LogP contribution in [0.3, 0.4) is 0 Å². The van der Waals surface area contributed by atoms with Gasteiger partial charge in [-0.1, -0.05) is 28.1 Å². The van der Waals surface area contributed by atoms with E-state index in [0.717, 1.165) is 16.5 Å². The second kappa shape index (κ2) is 7.06. The van der Waals surface area contributed by atoms with Crippen molar-refractivity contribution in [1.82, 2.24) is 0 Å². The third-order valence-electron chi connectivity index (χ3n) is 3.37. The van der Waals surface area contributed by atoms with Crippen molar-refractivity contribution in [2.45, 2.75) is 38.7 Å². The maximum atomic E-state index is 11.3. The Morgan fingerprint density at radius 1 is 1.47 bits per heavy atom. The van der Waals surface area contributed by atoms with Gasteiger partial charge >= 0.3 is 5.97 Å². The third kappa shape index (κ3) is 5.74. The lowest BCUT2D eigenvalue weighted by atomic mass is 9.90. The quantitative estimate of drug-likeness (QED) is 0.825. The van der Waals surface area contributed by atoms with E-state index in [4.69, 9.17) is 4.74 Å². The smallest absolute Gasteiger partial charge is 0.306 e. The first kappa shape index (κ1) is 16.2. The number of ether oxygens (including phenoxy) is 1. The first-order valence-electron chi connectivity index (χ1n) is 6.36. The first-order chi connectivity index (χ1) is 8.84. The van der Waals surface area contributed by atoms with Crippen LogP contribution in [-0.4, -0.2) is 23.8 Å². The van der Waals surface area contributed by atoms with E-state index in [2.05, 4.69) is 15.9 Å². The highest BCUT2D eigenvalue weighted by Gasteiger charge is 2.23. The van der Waals surface area contributed by atoms with E-state index >= 15 is 0 Å². The fourth-order valence-corrected chi connectivity index (χ4v) is 2.33. The van der Waals surface area contributed by atoms with E-state index in [0.29, 0.717) is 12.8 Å². The minimum Gasteiger partial charge on any atom is -0.481 e. The van der Waals surface area contributed by atoms with E-state index in [1.165, 1.54) is 0 Å². The fourth-order valence-electron chi connectivity index (χ4n) is 1.89. The van der Waals surface area contributed by atoms with Gasteiger partial charge in [-0.05, 0) is 50.8 Å². The molecule has 0 radical (unpaired) electrons. The Bertz CT molecular complexity index is 429. The number of carbonyl (C=O) groups is 1. The van der Waals surface area contributed by atoms with Crippen LogP contribution in [0.4, 0.5) is 0 Å². The number of methoxy groups -OCH3 is 1. The van der Waals surface area contributed by atoms with Crippen LogP contribution < -0.4 is 0 Å². The molecule has 0 bridgehead atoms. The molecule has 0 aliphatic rings. The van der Waals surface area contributed by atoms with Crippen LogP contribution in [0.25, 0.3) is 0 Å². The van der Waals surface area contributed by atoms with Crippen LogP contribution >= 0.6 is 15.9 Å². The maximum Gasteiger partial charge on any atom is 0.306 e. The number of rotatable bonds is 7. The normalized spacial score (nSPS) is 13.3. The van der Waals surface area contributed by atoms with Gasteiger partial charge in [-0.25, -0.2) is 0 Å². The molecule has 1 atom stereocenters. The second-order valence-electron chi connectivity index (χ2n) is 5.37. The molecular formula is C15H21BrO3. The monoisotopic (exact) mass is 328 g/mol. The van der Waals surface area contributed by atoms with Crippen LogP contribution in [0.1, 0.15) is 32.3 Å². The Labute approximate surface area is 123 Å². The molecule has 19 heavy (non-hydrogen) atoms. The average molecular weight is 329 g/mol. The SMILES string of the molecule is COC(C)(C)CCC(Cc1cccc(Br)c1)C(=O)O. The number of halogens is 1. The van der Waals surface area contributed by atoms with Crippen molar-refractivity contribution in [3.05, 3.63) is 34.3 Å². The summed E-state index contributed by atoms with van der Waals surface area (Å²) in [6.45, 7) is 3.95. The standard InChI is InChI=1S/C15H21BrO3/c1-15(2,19-3)8-7-12(14(17)18)9-11-5-4-6-13(16)10-11/h4-6,10,12H,7-9H2,1-3H3,(H,17,18). The number of hydrogen-bond donors (Lipinski definition) is 1. The van der Waals surface area contributed by atoms with E-state index in [9.17, 15) is 9.90 Å². The molecule has 106 valence electrons. The highest BCUT2D eigenvalue weighted by molar-refractivity contribution is 9.10. The molecule has 0 aliphatic heterocycles. The number of benzene rings is 1. The highest BCUT2D eigenvalue weighted by atomic mass is 79.9. The molecule has 1 unspecified atom stereocenters. The molecule has 4 heteroatoms. The van der Waals surface area contributed by atoms with Gasteiger partial charge in [-0.2, -0.15) is 0 Å². The van der Waals surface area contributed by atoms with Crippen LogP contribution in [-0.2, 0) is 16.0 Å². The first-order valence-corrected chi connectivity index (χ1v) is 7.16. The molecular weight excluding hydrogens is 308 g/mol. The fraction of sp³-hybridized carbons (Fsp3) is 0.533. The summed E-state index contributed by atoms with van der Waals surface area (Å²) in [5, 5.41) is 9.32. The Kier molecular flexibility index (Phi) is 6.01. The second-order valence-corrected chi connectivity index (χ2v) is 6.29. The zero-order chi connectivity index (χ0) is 14.5. The van der Waals surface area contributed by atoms with E-state index in [-0.39, 0.29) is 11.5 Å². The number of aliphatic carboxylic acids is 1. The Balaban J connectivity index is 2.66. The molecule has 0 saturated heterocycles. The summed E-state index contributed by atoms with van der Waals surface area (Å²) >= 11 is 3.40. The van der Waals surface area contributed by atoms with Gasteiger partial charge in [0.1, 0.15) is 0 Å². The minimum absolute atomic E-state index is 0.273. The van der Waals surface area contributed by atoms with Crippen LogP contribution in [0.2, 0.25) is 0 Å². The minimum atomic E-state index is -0.744. The Hall–Kier alpha value is -0.870. The number of hydrogen-bond acceptors (Lipinski definition) is 2. The summed E-state index contributed by atoms with van der Waals surface area (Å²) in [5.74, 6) is -1.12. The number of carboxylic acid groups (broad SMARTS) is 1. The van der Waals surface area contributed by atoms with Crippen molar-refractivity contribution in [2.24, 2.45) is 5.92 Å². The Morgan fingerprint density at radius 3 is 2.68 bits per heavy atom. The summed E-state index contributed by atoms with van der Waals surface area (Å²) in [5.41, 5.74) is 0.766. The summed E-state index contributed by atoms with van der Waals surface area (Å²) in [4.78, 5) is 11.3. The van der Waals surface area contributed by atoms with Gasteiger partial charge in [0.05, 0.1) is 11.5 Å². The molecule has 1 aromatic carbocycles. The summed E-state index contributed by atoms with van der Waals surface area (Å²) in [7, 11) is 1.66. The predicted octanol–water partition coefficient (Wildman–Crippen LogP) is 3.90. The van der Waals surface area contributed by atoms with Crippen molar-refractivity contribution in [3.8, 4) is 0 Å². The van der Waals surface area contributed by atoms with Crippen LogP contribution in [0.15, 0.2) is 28.7 Å². The molecule has 0 amide bonds. The lowest BCUT2D eigenvalue weighted by Gasteiger charge is -2.24. The number of carboxylic acids is 1. The van der Waals surface area contributed by atoms with Crippen molar-refractivity contribution >= 4 is 21.9 Å². The summed E-state index contributed by atoms with van der Waals surface area (Å²) < 4.78 is 6.31. The topological polar surface area (TPSA) is 46.5 Å². The lowest BCUT2D eigenvalue weighted by Crippen LogP contribution is -2.26. The molecule has 1 rings (SSSR count). The molecule has 0 spiro atoms. The molecule has 0 saturated carbocycles. The molecule has 1 N–H and O–H groups in total. The van der Waals surface area contributed by atoms with Crippen molar-refractivity contribution < 1.29 is 14.6 Å². The summed E-state index contributed by atoms with van der Waals surface area (Å²) in [6, 6.07) is 7.80. The van der Waals surface area contributed by atoms with Gasteiger partial charge in [0.2, 0.25) is 0 Å². The van der Waals surface area contributed by atoms with Gasteiger partial charge in [0.15, 0.2) is 0 Å². The molecule has 0 fully saturated rings. The largest absolute Gasteiger partial charge is 0.481 e. The molecule has 1 aromatic rings. The van der Waals surface area contributed by atoms with E-state index in [1.54, 1.807) is 7.11 Å². The van der Waals surface area contributed by atoms with E-state index < -0.39 is 5.97 Å². The Morgan fingerprint density at radius 2 is 2.16 bits per heavy atom. The van der Waals surface area contributed by atoms with E-state index in [1.807, 2.05) is 38.1 Å². The summed E-state index contributed by atoms with van der Waals surface area (Å²) in [6.07, 6.45) is 1.89. The van der Waals surface area contributed by atoms with Gasteiger partial charge in [0.25, 0.3) is 0 Å². The average Bonchev–Trinajstić information content (AvgIpc) is 2.34. The lowest BCUT2D eigenvalue weighted by molar-refractivity contribution is -0.142. The molecule has 0 aromatic heterocycles. The zero-order valence-electron chi connectivity index (χ0n) is 11.6. The maximum absolute atomic E-state index is 11.3. The van der Waals surface area contributed by atoms with Crippen molar-refractivity contribution in [2.75, 3.05) is 7.11 Å². The highest BCUT2D eigenvalue weighted by Crippen LogP contribution is 2.23. The van der Waals surface area contributed by atoms with Crippen LogP contribution in [0.5, 0.6) is 0 Å². The van der Waals surface area contributed by atoms with Gasteiger partial charge in [-0.15, -0.1) is 0 Å². The van der Waals surface area contributed by atoms with Gasteiger partial charge < -0.3 is 9.84 Å². The van der Waals surface area contributed by atoms with Crippen molar-refractivity contribution in [1.29, 1.82) is 0 Å². The van der Waals surface area contributed by atoms with Gasteiger partial charge in [-0.3, -0.25) is 4.79 Å². The van der Waals surface area contributed by atoms with Crippen LogP contribution in [0, 0.1) is 5.92 Å². The predicted molar refractivity (Wildman–Crippen MR) is 79.3 cm³/mol.